The van der Waals surface area contributed by atoms with Gasteiger partial charge in [-0.05, 0) is 25.0 Å². The monoisotopic (exact) mass is 244 g/mol. The van der Waals surface area contributed by atoms with E-state index in [2.05, 4.69) is 0 Å². The van der Waals surface area contributed by atoms with Gasteiger partial charge in [0.2, 0.25) is 0 Å². The molecule has 0 spiro atoms. The van der Waals surface area contributed by atoms with E-state index in [-0.39, 0.29) is 5.38 Å². The lowest BCUT2D eigenvalue weighted by molar-refractivity contribution is 0.580. The van der Waals surface area contributed by atoms with E-state index in [1.807, 2.05) is 6.07 Å². The molecule has 0 aromatic heterocycles. The molecule has 0 N–H and O–H groups in total. The maximum absolute atomic E-state index is 12.2. The highest BCUT2D eigenvalue weighted by atomic mass is 35.5. The van der Waals surface area contributed by atoms with Gasteiger partial charge in [-0.2, -0.15) is 0 Å². The first-order valence-corrected chi connectivity index (χ1v) is 7.03. The summed E-state index contributed by atoms with van der Waals surface area (Å²) in [5, 5.41) is -0.628. The molecular formula is C11H13ClO2S. The van der Waals surface area contributed by atoms with Gasteiger partial charge in [-0.3, -0.25) is 0 Å². The second-order valence-electron chi connectivity index (χ2n) is 3.84. The third-order valence-electron chi connectivity index (χ3n) is 2.84. The van der Waals surface area contributed by atoms with E-state index in [0.717, 1.165) is 12.8 Å². The number of sulfone groups is 1. The summed E-state index contributed by atoms with van der Waals surface area (Å²) in [6.45, 7) is 0. The van der Waals surface area contributed by atoms with Crippen LogP contribution in [-0.4, -0.2) is 19.0 Å². The second kappa shape index (κ2) is 4.14. The topological polar surface area (TPSA) is 34.1 Å². The van der Waals surface area contributed by atoms with E-state index < -0.39 is 15.1 Å². The lowest BCUT2D eigenvalue weighted by atomic mass is 10.4. The average molecular weight is 245 g/mol. The highest BCUT2D eigenvalue weighted by Crippen LogP contribution is 2.33. The van der Waals surface area contributed by atoms with Crippen molar-refractivity contribution in [2.45, 2.75) is 34.8 Å². The summed E-state index contributed by atoms with van der Waals surface area (Å²) in [5.41, 5.74) is 0. The minimum absolute atomic E-state index is 0.227. The van der Waals surface area contributed by atoms with Crippen LogP contribution in [0.3, 0.4) is 0 Å². The zero-order valence-corrected chi connectivity index (χ0v) is 9.84. The Balaban J connectivity index is 2.35. The third-order valence-corrected chi connectivity index (χ3v) is 5.80. The van der Waals surface area contributed by atoms with Crippen LogP contribution in [0.1, 0.15) is 19.3 Å². The van der Waals surface area contributed by atoms with Gasteiger partial charge in [-0.25, -0.2) is 8.42 Å². The highest BCUT2D eigenvalue weighted by Gasteiger charge is 2.36. The van der Waals surface area contributed by atoms with Gasteiger partial charge in [0.25, 0.3) is 0 Å². The molecule has 1 aliphatic rings. The highest BCUT2D eigenvalue weighted by molar-refractivity contribution is 7.92. The number of rotatable bonds is 2. The molecule has 0 bridgehead atoms. The Morgan fingerprint density at radius 2 is 1.80 bits per heavy atom. The summed E-state index contributed by atoms with van der Waals surface area (Å²) >= 11 is 6.03. The summed E-state index contributed by atoms with van der Waals surface area (Å²) in [7, 11) is -3.22. The van der Waals surface area contributed by atoms with Gasteiger partial charge < -0.3 is 0 Å². The molecule has 1 saturated carbocycles. The van der Waals surface area contributed by atoms with Gasteiger partial charge in [-0.1, -0.05) is 24.6 Å². The first-order valence-electron chi connectivity index (χ1n) is 5.05. The largest absolute Gasteiger partial charge is 0.223 e. The minimum atomic E-state index is -3.22. The van der Waals surface area contributed by atoms with Crippen molar-refractivity contribution in [2.75, 3.05) is 0 Å². The molecule has 0 amide bonds. The van der Waals surface area contributed by atoms with Gasteiger partial charge in [0.1, 0.15) is 0 Å². The molecule has 0 aliphatic heterocycles. The fraction of sp³-hybridized carbons (Fsp3) is 0.455. The van der Waals surface area contributed by atoms with E-state index in [4.69, 9.17) is 11.6 Å². The van der Waals surface area contributed by atoms with E-state index in [9.17, 15) is 8.42 Å². The first kappa shape index (κ1) is 11.0. The van der Waals surface area contributed by atoms with Crippen LogP contribution in [0.4, 0.5) is 0 Å². The van der Waals surface area contributed by atoms with Crippen molar-refractivity contribution in [1.29, 1.82) is 0 Å². The second-order valence-corrected chi connectivity index (χ2v) is 6.57. The number of halogens is 1. The lowest BCUT2D eigenvalue weighted by Crippen LogP contribution is -2.25. The molecule has 1 aromatic rings. The summed E-state index contributed by atoms with van der Waals surface area (Å²) in [6, 6.07) is 8.57. The van der Waals surface area contributed by atoms with Crippen molar-refractivity contribution in [3.05, 3.63) is 30.3 Å². The predicted molar refractivity (Wildman–Crippen MR) is 60.9 cm³/mol. The van der Waals surface area contributed by atoms with Crippen LogP contribution in [0.2, 0.25) is 0 Å². The molecule has 1 aliphatic carbocycles. The normalized spacial score (nSPS) is 26.7. The van der Waals surface area contributed by atoms with E-state index in [0.29, 0.717) is 11.3 Å². The lowest BCUT2D eigenvalue weighted by Gasteiger charge is -2.14. The molecule has 82 valence electrons. The van der Waals surface area contributed by atoms with Gasteiger partial charge in [0.15, 0.2) is 9.84 Å². The summed E-state index contributed by atoms with van der Waals surface area (Å²) in [4.78, 5) is 0.391. The van der Waals surface area contributed by atoms with Crippen LogP contribution in [0.25, 0.3) is 0 Å². The Labute approximate surface area is 95.2 Å². The van der Waals surface area contributed by atoms with Crippen LogP contribution in [0.15, 0.2) is 35.2 Å². The van der Waals surface area contributed by atoms with Crippen molar-refractivity contribution in [2.24, 2.45) is 0 Å². The van der Waals surface area contributed by atoms with Crippen LogP contribution in [0, 0.1) is 0 Å². The van der Waals surface area contributed by atoms with Gasteiger partial charge in [-0.15, -0.1) is 11.6 Å². The van der Waals surface area contributed by atoms with E-state index in [1.54, 1.807) is 24.3 Å². The fourth-order valence-electron chi connectivity index (χ4n) is 2.02. The van der Waals surface area contributed by atoms with Gasteiger partial charge in [0, 0.05) is 0 Å². The quantitative estimate of drug-likeness (QED) is 0.750. The van der Waals surface area contributed by atoms with E-state index >= 15 is 0 Å². The molecule has 1 aromatic carbocycles. The molecule has 1 fully saturated rings. The molecule has 0 radical (unpaired) electrons. The Morgan fingerprint density at radius 3 is 2.33 bits per heavy atom. The SMILES string of the molecule is O=S(=O)(c1ccccc1)[C@@H]1CCC[C@H]1Cl. The van der Waals surface area contributed by atoms with Crippen molar-refractivity contribution >= 4 is 21.4 Å². The zero-order chi connectivity index (χ0) is 10.9. The maximum Gasteiger partial charge on any atom is 0.182 e. The first-order chi connectivity index (χ1) is 7.12. The molecule has 2 rings (SSSR count). The molecule has 0 unspecified atom stereocenters. The third kappa shape index (κ3) is 2.04. The van der Waals surface area contributed by atoms with Gasteiger partial charge in [0.05, 0.1) is 15.5 Å². The molecular weight excluding hydrogens is 232 g/mol. The number of hydrogen-bond acceptors (Lipinski definition) is 2. The number of alkyl halides is 1. The molecule has 0 saturated heterocycles. The molecule has 0 heterocycles. The summed E-state index contributed by atoms with van der Waals surface area (Å²) in [5.74, 6) is 0. The van der Waals surface area contributed by atoms with Crippen LogP contribution in [-0.2, 0) is 9.84 Å². The zero-order valence-electron chi connectivity index (χ0n) is 8.27. The van der Waals surface area contributed by atoms with Crippen molar-refractivity contribution < 1.29 is 8.42 Å². The maximum atomic E-state index is 12.2. The summed E-state index contributed by atoms with van der Waals surface area (Å²) < 4.78 is 24.3. The number of benzene rings is 1. The minimum Gasteiger partial charge on any atom is -0.223 e. The van der Waals surface area contributed by atoms with Crippen molar-refractivity contribution in [1.82, 2.24) is 0 Å². The molecule has 4 heteroatoms. The van der Waals surface area contributed by atoms with Gasteiger partial charge >= 0.3 is 0 Å². The predicted octanol–water partition coefficient (Wildman–Crippen LogP) is 2.62. The smallest absolute Gasteiger partial charge is 0.182 e. The van der Waals surface area contributed by atoms with E-state index in [1.165, 1.54) is 0 Å². The standard InChI is InChI=1S/C11H13ClO2S/c12-10-7-4-8-11(10)15(13,14)9-5-2-1-3-6-9/h1-3,5-6,10-11H,4,7-8H2/t10-,11-/m1/s1. The van der Waals surface area contributed by atoms with Crippen LogP contribution < -0.4 is 0 Å². The molecule has 2 nitrogen and oxygen atoms in total. The van der Waals surface area contributed by atoms with Crippen molar-refractivity contribution in [3.63, 3.8) is 0 Å². The molecule has 15 heavy (non-hydrogen) atoms. The van der Waals surface area contributed by atoms with Crippen molar-refractivity contribution in [3.8, 4) is 0 Å². The Hall–Kier alpha value is -0.540. The van der Waals surface area contributed by atoms with Crippen LogP contribution in [0.5, 0.6) is 0 Å². The van der Waals surface area contributed by atoms with Crippen LogP contribution >= 0.6 is 11.6 Å². The average Bonchev–Trinajstić information content (AvgIpc) is 2.66. The Bertz CT molecular complexity index is 427. The number of hydrogen-bond donors (Lipinski definition) is 0. The molecule has 2 atom stereocenters. The fourth-order valence-corrected chi connectivity index (χ4v) is 4.59. The summed E-state index contributed by atoms with van der Waals surface area (Å²) in [6.07, 6.45) is 2.40. The Kier molecular flexibility index (Phi) is 3.03. The Morgan fingerprint density at radius 1 is 1.13 bits per heavy atom.